The minimum atomic E-state index is -0.178. The van der Waals surface area contributed by atoms with Gasteiger partial charge in [0.05, 0.1) is 16.6 Å². The van der Waals surface area contributed by atoms with Crippen LogP contribution in [0.1, 0.15) is 29.7 Å². The smallest absolute Gasteiger partial charge is 0.266 e. The summed E-state index contributed by atoms with van der Waals surface area (Å²) in [5.41, 5.74) is 5.24. The fraction of sp³-hybridized carbons (Fsp3) is 0.0882. The standard InChI is InChI=1S/C34H26ClN3O2S2/c1-23(24-11-4-2-5-12-24)38-33(39)31(42-34(38)41)20-27-21-37(28-15-6-3-7-16-28)36-32(27)25-14-10-17-29(19-25)40-22-26-13-8-9-18-30(26)35/h2-21,23H,22H2,1H3. The number of carbonyl (C=O) groups is 1. The van der Waals surface area contributed by atoms with Crippen molar-refractivity contribution in [1.29, 1.82) is 0 Å². The Hall–Kier alpha value is -4.17. The van der Waals surface area contributed by atoms with Crippen molar-refractivity contribution in [2.45, 2.75) is 19.6 Å². The number of aromatic nitrogens is 2. The van der Waals surface area contributed by atoms with Gasteiger partial charge in [-0.3, -0.25) is 9.69 Å². The third kappa shape index (κ3) is 5.90. The van der Waals surface area contributed by atoms with Gasteiger partial charge in [0, 0.05) is 27.9 Å². The van der Waals surface area contributed by atoms with Crippen LogP contribution in [0.2, 0.25) is 5.02 Å². The number of hydrogen-bond donors (Lipinski definition) is 0. The van der Waals surface area contributed by atoms with Crippen molar-refractivity contribution in [3.8, 4) is 22.7 Å². The first-order valence-corrected chi connectivity index (χ1v) is 15.0. The van der Waals surface area contributed by atoms with Crippen LogP contribution in [0.4, 0.5) is 0 Å². The number of thioether (sulfide) groups is 1. The Balaban J connectivity index is 1.34. The summed E-state index contributed by atoms with van der Waals surface area (Å²) < 4.78 is 8.46. The van der Waals surface area contributed by atoms with E-state index in [0.29, 0.717) is 26.6 Å². The number of nitrogens with zero attached hydrogens (tertiary/aromatic N) is 3. The molecule has 42 heavy (non-hydrogen) atoms. The second-order valence-corrected chi connectivity index (χ2v) is 11.8. The zero-order valence-electron chi connectivity index (χ0n) is 22.7. The van der Waals surface area contributed by atoms with Crippen molar-refractivity contribution in [2.24, 2.45) is 0 Å². The molecule has 1 aliphatic rings. The highest BCUT2D eigenvalue weighted by atomic mass is 35.5. The minimum Gasteiger partial charge on any atom is -0.489 e. The van der Waals surface area contributed by atoms with Crippen molar-refractivity contribution in [3.63, 3.8) is 0 Å². The maximum absolute atomic E-state index is 13.7. The Morgan fingerprint density at radius 2 is 1.67 bits per heavy atom. The van der Waals surface area contributed by atoms with Crippen LogP contribution in [-0.4, -0.2) is 24.9 Å². The van der Waals surface area contributed by atoms with Crippen LogP contribution in [0.5, 0.6) is 5.75 Å². The SMILES string of the molecule is CC(c1ccccc1)N1C(=O)C(=Cc2cn(-c3ccccc3)nc2-c2cccc(OCc3ccccc3Cl)c2)SC1=S. The van der Waals surface area contributed by atoms with Gasteiger partial charge in [0.15, 0.2) is 0 Å². The molecule has 0 radical (unpaired) electrons. The van der Waals surface area contributed by atoms with Crippen molar-refractivity contribution in [3.05, 3.63) is 142 Å². The molecule has 1 fully saturated rings. The van der Waals surface area contributed by atoms with Crippen LogP contribution < -0.4 is 4.74 Å². The largest absolute Gasteiger partial charge is 0.489 e. The molecule has 0 bridgehead atoms. The number of halogens is 1. The number of benzene rings is 4. The maximum atomic E-state index is 13.7. The summed E-state index contributed by atoms with van der Waals surface area (Å²) in [6, 6.07) is 35.0. The summed E-state index contributed by atoms with van der Waals surface area (Å²) in [4.78, 5) is 15.9. The highest BCUT2D eigenvalue weighted by molar-refractivity contribution is 8.26. The Morgan fingerprint density at radius 1 is 0.952 bits per heavy atom. The second-order valence-electron chi connectivity index (χ2n) is 9.76. The van der Waals surface area contributed by atoms with E-state index in [4.69, 9.17) is 33.7 Å². The molecule has 0 aliphatic carbocycles. The lowest BCUT2D eigenvalue weighted by molar-refractivity contribution is -0.123. The molecule has 0 spiro atoms. The molecule has 6 rings (SSSR count). The molecule has 208 valence electrons. The summed E-state index contributed by atoms with van der Waals surface area (Å²) in [7, 11) is 0. The van der Waals surface area contributed by atoms with Gasteiger partial charge in [0.25, 0.3) is 5.91 Å². The predicted molar refractivity (Wildman–Crippen MR) is 175 cm³/mol. The molecule has 1 amide bonds. The lowest BCUT2D eigenvalue weighted by atomic mass is 10.1. The van der Waals surface area contributed by atoms with E-state index < -0.39 is 0 Å². The van der Waals surface area contributed by atoms with E-state index >= 15 is 0 Å². The number of para-hydroxylation sites is 1. The number of hydrogen-bond acceptors (Lipinski definition) is 5. The van der Waals surface area contributed by atoms with Gasteiger partial charge in [-0.1, -0.05) is 114 Å². The molecule has 0 saturated carbocycles. The summed E-state index contributed by atoms with van der Waals surface area (Å²) in [5.74, 6) is 0.576. The quantitative estimate of drug-likeness (QED) is 0.130. The normalized spacial score (nSPS) is 14.9. The molecular formula is C34H26ClN3O2S2. The third-order valence-corrected chi connectivity index (χ3v) is 8.70. The second kappa shape index (κ2) is 12.4. The van der Waals surface area contributed by atoms with Gasteiger partial charge in [-0.05, 0) is 48.9 Å². The number of ether oxygens (including phenoxy) is 1. The third-order valence-electron chi connectivity index (χ3n) is 7.00. The van der Waals surface area contributed by atoms with Gasteiger partial charge < -0.3 is 4.74 Å². The van der Waals surface area contributed by atoms with Gasteiger partial charge in [-0.25, -0.2) is 4.68 Å². The fourth-order valence-corrected chi connectivity index (χ4v) is 6.38. The molecule has 5 nitrogen and oxygen atoms in total. The topological polar surface area (TPSA) is 47.4 Å². The predicted octanol–water partition coefficient (Wildman–Crippen LogP) is 8.73. The zero-order chi connectivity index (χ0) is 29.1. The monoisotopic (exact) mass is 607 g/mol. The number of carbonyl (C=O) groups excluding carboxylic acids is 1. The lowest BCUT2D eigenvalue weighted by Gasteiger charge is -2.23. The molecule has 2 heterocycles. The summed E-state index contributed by atoms with van der Waals surface area (Å²) in [5, 5.41) is 5.60. The summed E-state index contributed by atoms with van der Waals surface area (Å²) in [6.45, 7) is 2.34. The van der Waals surface area contributed by atoms with Gasteiger partial charge in [0.2, 0.25) is 0 Å². The van der Waals surface area contributed by atoms with Crippen LogP contribution in [0.15, 0.2) is 120 Å². The Kier molecular flexibility index (Phi) is 8.24. The molecular weight excluding hydrogens is 582 g/mol. The highest BCUT2D eigenvalue weighted by Gasteiger charge is 2.36. The minimum absolute atomic E-state index is 0.114. The average Bonchev–Trinajstić information content (AvgIpc) is 3.57. The van der Waals surface area contributed by atoms with Crippen molar-refractivity contribution in [1.82, 2.24) is 14.7 Å². The lowest BCUT2D eigenvalue weighted by Crippen LogP contribution is -2.30. The molecule has 1 unspecified atom stereocenters. The molecule has 1 saturated heterocycles. The van der Waals surface area contributed by atoms with E-state index in [0.717, 1.165) is 33.6 Å². The van der Waals surface area contributed by atoms with Crippen LogP contribution in [0.25, 0.3) is 23.0 Å². The number of thiocarbonyl (C=S) groups is 1. The maximum Gasteiger partial charge on any atom is 0.266 e. The van der Waals surface area contributed by atoms with E-state index in [1.165, 1.54) is 11.8 Å². The zero-order valence-corrected chi connectivity index (χ0v) is 25.1. The Bertz CT molecular complexity index is 1790. The van der Waals surface area contributed by atoms with E-state index in [9.17, 15) is 4.79 Å². The van der Waals surface area contributed by atoms with Crippen molar-refractivity contribution >= 4 is 51.9 Å². The average molecular weight is 608 g/mol. The summed E-state index contributed by atoms with van der Waals surface area (Å²) >= 11 is 13.3. The fourth-order valence-electron chi connectivity index (χ4n) is 4.78. The molecule has 0 N–H and O–H groups in total. The van der Waals surface area contributed by atoms with Gasteiger partial charge in [0.1, 0.15) is 22.4 Å². The van der Waals surface area contributed by atoms with Crippen LogP contribution >= 0.6 is 35.6 Å². The van der Waals surface area contributed by atoms with Crippen molar-refractivity contribution in [2.75, 3.05) is 0 Å². The summed E-state index contributed by atoms with van der Waals surface area (Å²) in [6.07, 6.45) is 3.82. The van der Waals surface area contributed by atoms with Crippen LogP contribution in [-0.2, 0) is 11.4 Å². The number of rotatable bonds is 8. The Morgan fingerprint density at radius 3 is 2.43 bits per heavy atom. The first kappa shape index (κ1) is 28.0. The van der Waals surface area contributed by atoms with Crippen LogP contribution in [0, 0.1) is 0 Å². The molecule has 1 aromatic heterocycles. The first-order chi connectivity index (χ1) is 20.5. The molecule has 1 aliphatic heterocycles. The van der Waals surface area contributed by atoms with Gasteiger partial charge in [-0.2, -0.15) is 5.10 Å². The number of amides is 1. The Labute approximate surface area is 259 Å². The molecule has 1 atom stereocenters. The molecule has 5 aromatic rings. The van der Waals surface area contributed by atoms with Crippen molar-refractivity contribution < 1.29 is 9.53 Å². The molecule has 4 aromatic carbocycles. The van der Waals surface area contributed by atoms with E-state index in [2.05, 4.69) is 0 Å². The first-order valence-electron chi connectivity index (χ1n) is 13.4. The van der Waals surface area contributed by atoms with E-state index in [-0.39, 0.29) is 11.9 Å². The highest BCUT2D eigenvalue weighted by Crippen LogP contribution is 2.39. The van der Waals surface area contributed by atoms with E-state index in [1.807, 2.05) is 133 Å². The van der Waals surface area contributed by atoms with Crippen LogP contribution in [0.3, 0.4) is 0 Å². The van der Waals surface area contributed by atoms with Gasteiger partial charge in [-0.15, -0.1) is 0 Å². The van der Waals surface area contributed by atoms with Gasteiger partial charge >= 0.3 is 0 Å². The molecule has 8 heteroatoms. The van der Waals surface area contributed by atoms with E-state index in [1.54, 1.807) is 4.90 Å².